The minimum absolute atomic E-state index is 0.0909. The van der Waals surface area contributed by atoms with Crippen LogP contribution in [0.3, 0.4) is 0 Å². The summed E-state index contributed by atoms with van der Waals surface area (Å²) in [6.45, 7) is 3.86. The number of carbonyl (C=O) groups is 1. The van der Waals surface area contributed by atoms with Crippen LogP contribution in [0, 0.1) is 0 Å². The zero-order chi connectivity index (χ0) is 25.1. The first-order chi connectivity index (χ1) is 17.5. The van der Waals surface area contributed by atoms with Crippen LogP contribution in [0.15, 0.2) is 67.0 Å². The summed E-state index contributed by atoms with van der Waals surface area (Å²) in [6, 6.07) is 17.5. The zero-order valence-electron chi connectivity index (χ0n) is 20.1. The Hall–Kier alpha value is -3.46. The van der Waals surface area contributed by atoms with E-state index in [0.29, 0.717) is 22.4 Å². The van der Waals surface area contributed by atoms with Crippen LogP contribution in [0.5, 0.6) is 0 Å². The Bertz CT molecular complexity index is 1370. The normalized spacial score (nSPS) is 15.2. The van der Waals surface area contributed by atoms with Crippen molar-refractivity contribution in [3.05, 3.63) is 77.7 Å². The van der Waals surface area contributed by atoms with Gasteiger partial charge in [-0.15, -0.1) is 0 Å². The molecule has 5 rings (SSSR count). The number of carbonyl (C=O) groups excluding carboxylic acids is 1. The van der Waals surface area contributed by atoms with Crippen molar-refractivity contribution in [3.63, 3.8) is 0 Å². The van der Waals surface area contributed by atoms with E-state index in [-0.39, 0.29) is 18.6 Å². The summed E-state index contributed by atoms with van der Waals surface area (Å²) in [5.74, 6) is -0.281. The zero-order valence-corrected chi connectivity index (χ0v) is 20.8. The van der Waals surface area contributed by atoms with E-state index in [1.807, 2.05) is 55.5 Å². The van der Waals surface area contributed by atoms with Crippen molar-refractivity contribution in [2.24, 2.45) is 0 Å². The maximum absolute atomic E-state index is 13.2. The van der Waals surface area contributed by atoms with Gasteiger partial charge in [-0.1, -0.05) is 35.9 Å². The Morgan fingerprint density at radius 3 is 2.75 bits per heavy atom. The number of halogens is 1. The Balaban J connectivity index is 1.34. The van der Waals surface area contributed by atoms with Gasteiger partial charge >= 0.3 is 0 Å². The number of hydrogen-bond donors (Lipinski definition) is 3. The van der Waals surface area contributed by atoms with E-state index in [1.54, 1.807) is 23.0 Å². The Labute approximate surface area is 214 Å². The predicted molar refractivity (Wildman–Crippen MR) is 143 cm³/mol. The summed E-state index contributed by atoms with van der Waals surface area (Å²) in [4.78, 5) is 20.2. The molecule has 1 fully saturated rings. The highest BCUT2D eigenvalue weighted by Gasteiger charge is 2.23. The molecule has 1 aliphatic heterocycles. The van der Waals surface area contributed by atoms with Crippen LogP contribution < -0.4 is 15.5 Å². The monoisotopic (exact) mass is 504 g/mol. The third kappa shape index (κ3) is 5.21. The summed E-state index contributed by atoms with van der Waals surface area (Å²) < 4.78 is 1.65. The number of aliphatic hydroxyl groups is 1. The van der Waals surface area contributed by atoms with Gasteiger partial charge in [0.05, 0.1) is 24.2 Å². The fourth-order valence-corrected chi connectivity index (χ4v) is 4.83. The molecular weight excluding hydrogens is 476 g/mol. The number of anilines is 2. The van der Waals surface area contributed by atoms with E-state index in [1.165, 1.54) is 0 Å². The molecule has 36 heavy (non-hydrogen) atoms. The molecule has 0 bridgehead atoms. The Kier molecular flexibility index (Phi) is 7.18. The van der Waals surface area contributed by atoms with Crippen molar-refractivity contribution in [2.75, 3.05) is 29.9 Å². The summed E-state index contributed by atoms with van der Waals surface area (Å²) in [7, 11) is 0. The molecule has 0 spiro atoms. The summed E-state index contributed by atoms with van der Waals surface area (Å²) in [5, 5.41) is 20.8. The van der Waals surface area contributed by atoms with Gasteiger partial charge in [-0.05, 0) is 55.7 Å². The van der Waals surface area contributed by atoms with Gasteiger partial charge in [0.15, 0.2) is 5.65 Å². The van der Waals surface area contributed by atoms with Crippen molar-refractivity contribution in [1.82, 2.24) is 19.9 Å². The van der Waals surface area contributed by atoms with Gasteiger partial charge < -0.3 is 20.6 Å². The molecule has 0 saturated carbocycles. The first-order valence-electron chi connectivity index (χ1n) is 12.1. The third-order valence-corrected chi connectivity index (χ3v) is 6.75. The van der Waals surface area contributed by atoms with E-state index >= 15 is 0 Å². The van der Waals surface area contributed by atoms with Crippen molar-refractivity contribution >= 4 is 34.5 Å². The van der Waals surface area contributed by atoms with Crippen LogP contribution in [0.1, 0.15) is 30.3 Å². The number of benzene rings is 2. The van der Waals surface area contributed by atoms with Crippen molar-refractivity contribution in [3.8, 4) is 11.1 Å². The summed E-state index contributed by atoms with van der Waals surface area (Å²) in [5.41, 5.74) is 4.33. The average Bonchev–Trinajstić information content (AvgIpc) is 3.33. The maximum Gasteiger partial charge on any atom is 0.274 e. The lowest BCUT2D eigenvalue weighted by molar-refractivity contribution is 0.102. The number of aromatic nitrogens is 3. The first-order valence-corrected chi connectivity index (χ1v) is 12.5. The van der Waals surface area contributed by atoms with Crippen LogP contribution >= 0.6 is 11.6 Å². The topological polar surface area (TPSA) is 94.8 Å². The van der Waals surface area contributed by atoms with Crippen molar-refractivity contribution in [2.45, 2.75) is 31.8 Å². The molecule has 1 aliphatic rings. The standard InChI is InChI=1S/C27H29ClN6O2/c1-18(17-35)30-21-9-12-33(13-10-21)25-8-3-2-7-23(25)32-27(36)24-11-14-34-26(31-24)22(16-29-34)19-5-4-6-20(28)15-19/h2-8,11,14-16,18,21,30,35H,9-10,12-13,17H2,1H3,(H,32,36)/t18-/m1/s1. The van der Waals surface area contributed by atoms with Crippen LogP contribution in [0.4, 0.5) is 11.4 Å². The van der Waals surface area contributed by atoms with Gasteiger partial charge in [0.25, 0.3) is 5.91 Å². The van der Waals surface area contributed by atoms with E-state index in [2.05, 4.69) is 25.6 Å². The van der Waals surface area contributed by atoms with Crippen molar-refractivity contribution in [1.29, 1.82) is 0 Å². The number of fused-ring (bicyclic) bond motifs is 1. The van der Waals surface area contributed by atoms with Gasteiger partial charge in [0.1, 0.15) is 5.69 Å². The quantitative estimate of drug-likeness (QED) is 0.348. The number of hydrogen-bond acceptors (Lipinski definition) is 6. The third-order valence-electron chi connectivity index (χ3n) is 6.52. The van der Waals surface area contributed by atoms with Gasteiger partial charge in [0, 0.05) is 42.0 Å². The highest BCUT2D eigenvalue weighted by molar-refractivity contribution is 6.30. The molecule has 0 unspecified atom stereocenters. The molecular formula is C27H29ClN6O2. The minimum Gasteiger partial charge on any atom is -0.395 e. The minimum atomic E-state index is -0.281. The number of para-hydroxylation sites is 2. The molecule has 1 amide bonds. The van der Waals surface area contributed by atoms with Crippen LogP contribution in [-0.2, 0) is 0 Å². The second kappa shape index (κ2) is 10.7. The van der Waals surface area contributed by atoms with Crippen molar-refractivity contribution < 1.29 is 9.90 Å². The molecule has 0 radical (unpaired) electrons. The molecule has 8 nitrogen and oxygen atoms in total. The van der Waals surface area contributed by atoms with E-state index in [9.17, 15) is 9.90 Å². The molecule has 2 aromatic heterocycles. The molecule has 4 aromatic rings. The lowest BCUT2D eigenvalue weighted by atomic mass is 10.0. The van der Waals surface area contributed by atoms with Gasteiger partial charge in [0.2, 0.25) is 0 Å². The van der Waals surface area contributed by atoms with Gasteiger partial charge in [-0.25, -0.2) is 9.50 Å². The number of aliphatic hydroxyl groups excluding tert-OH is 1. The molecule has 186 valence electrons. The first kappa shape index (κ1) is 24.2. The van der Waals surface area contributed by atoms with E-state index < -0.39 is 0 Å². The number of nitrogens with one attached hydrogen (secondary N) is 2. The summed E-state index contributed by atoms with van der Waals surface area (Å²) >= 11 is 6.17. The molecule has 3 N–H and O–H groups in total. The molecule has 0 aliphatic carbocycles. The molecule has 1 saturated heterocycles. The molecule has 9 heteroatoms. The average molecular weight is 505 g/mol. The largest absolute Gasteiger partial charge is 0.395 e. The Morgan fingerprint density at radius 1 is 1.17 bits per heavy atom. The lowest BCUT2D eigenvalue weighted by Crippen LogP contribution is -2.46. The second-order valence-corrected chi connectivity index (χ2v) is 9.57. The smallest absolute Gasteiger partial charge is 0.274 e. The number of piperidine rings is 1. The summed E-state index contributed by atoms with van der Waals surface area (Å²) in [6.07, 6.45) is 5.41. The lowest BCUT2D eigenvalue weighted by Gasteiger charge is -2.36. The van der Waals surface area contributed by atoms with E-state index in [0.717, 1.165) is 48.4 Å². The highest BCUT2D eigenvalue weighted by Crippen LogP contribution is 2.29. The second-order valence-electron chi connectivity index (χ2n) is 9.13. The maximum atomic E-state index is 13.2. The fraction of sp³-hybridized carbons (Fsp3) is 0.296. The van der Waals surface area contributed by atoms with E-state index in [4.69, 9.17) is 11.6 Å². The highest BCUT2D eigenvalue weighted by atomic mass is 35.5. The van der Waals surface area contributed by atoms with Crippen LogP contribution in [0.25, 0.3) is 16.8 Å². The molecule has 3 heterocycles. The number of rotatable bonds is 7. The number of nitrogens with zero attached hydrogens (tertiary/aromatic N) is 4. The van der Waals surface area contributed by atoms with Gasteiger partial charge in [-0.2, -0.15) is 5.10 Å². The Morgan fingerprint density at radius 2 is 1.97 bits per heavy atom. The molecule has 2 aromatic carbocycles. The SMILES string of the molecule is C[C@H](CO)NC1CCN(c2ccccc2NC(=O)c2ccn3ncc(-c4cccc(Cl)c4)c3n2)CC1. The predicted octanol–water partition coefficient (Wildman–Crippen LogP) is 4.24. The van der Waals surface area contributed by atoms with Gasteiger partial charge in [-0.3, -0.25) is 4.79 Å². The fourth-order valence-electron chi connectivity index (χ4n) is 4.64. The number of amides is 1. The van der Waals surface area contributed by atoms with Crippen LogP contribution in [0.2, 0.25) is 5.02 Å². The van der Waals surface area contributed by atoms with Crippen LogP contribution in [-0.4, -0.2) is 57.4 Å². The molecule has 1 atom stereocenters.